The highest BCUT2D eigenvalue weighted by Gasteiger charge is 2.22. The van der Waals surface area contributed by atoms with Crippen LogP contribution < -0.4 is 5.73 Å². The van der Waals surface area contributed by atoms with Gasteiger partial charge in [-0.2, -0.15) is 0 Å². The second-order valence-corrected chi connectivity index (χ2v) is 3.05. The summed E-state index contributed by atoms with van der Waals surface area (Å²) in [5.41, 5.74) is 5.47. The summed E-state index contributed by atoms with van der Waals surface area (Å²) >= 11 is 0. The van der Waals surface area contributed by atoms with Gasteiger partial charge in [0.15, 0.2) is 0 Å². The molecule has 1 heterocycles. The first-order valence-electron chi connectivity index (χ1n) is 3.97. The van der Waals surface area contributed by atoms with Crippen LogP contribution in [0.2, 0.25) is 0 Å². The third-order valence-corrected chi connectivity index (χ3v) is 2.03. The summed E-state index contributed by atoms with van der Waals surface area (Å²) in [7, 11) is 0. The molecule has 1 saturated carbocycles. The summed E-state index contributed by atoms with van der Waals surface area (Å²) in [6.45, 7) is 1.55. The van der Waals surface area contributed by atoms with Gasteiger partial charge in [0.1, 0.15) is 12.2 Å². The van der Waals surface area contributed by atoms with E-state index in [1.165, 1.54) is 12.8 Å². The molecule has 1 aliphatic carbocycles. The van der Waals surface area contributed by atoms with Crippen molar-refractivity contribution in [3.05, 3.63) is 12.2 Å². The first-order chi connectivity index (χ1) is 5.40. The Bertz CT molecular complexity index is 238. The van der Waals surface area contributed by atoms with E-state index in [0.717, 1.165) is 18.3 Å². The molecule has 1 aromatic rings. The quantitative estimate of drug-likeness (QED) is 0.670. The van der Waals surface area contributed by atoms with Crippen molar-refractivity contribution in [3.8, 4) is 0 Å². The van der Waals surface area contributed by atoms with E-state index in [4.69, 9.17) is 5.73 Å². The molecular formula is C7H12N4. The third-order valence-electron chi connectivity index (χ3n) is 2.03. The van der Waals surface area contributed by atoms with Crippen LogP contribution in [0.1, 0.15) is 18.7 Å². The molecule has 2 rings (SSSR count). The Morgan fingerprint density at radius 2 is 2.45 bits per heavy atom. The molecule has 0 atom stereocenters. The van der Waals surface area contributed by atoms with Crippen molar-refractivity contribution in [3.63, 3.8) is 0 Å². The topological polar surface area (TPSA) is 56.7 Å². The minimum Gasteiger partial charge on any atom is -0.324 e. The first kappa shape index (κ1) is 6.79. The standard InChI is InChI=1S/C7H12N4/c8-3-7-10-9-5-11(7)4-6-1-2-6/h5-6H,1-4,8H2. The Morgan fingerprint density at radius 3 is 3.09 bits per heavy atom. The summed E-state index contributed by atoms with van der Waals surface area (Å²) in [6.07, 6.45) is 4.46. The van der Waals surface area contributed by atoms with Crippen LogP contribution in [-0.2, 0) is 13.1 Å². The van der Waals surface area contributed by atoms with Crippen LogP contribution in [0, 0.1) is 5.92 Å². The number of hydrogen-bond donors (Lipinski definition) is 1. The molecule has 60 valence electrons. The Morgan fingerprint density at radius 1 is 1.64 bits per heavy atom. The Labute approximate surface area is 65.4 Å². The van der Waals surface area contributed by atoms with E-state index in [9.17, 15) is 0 Å². The van der Waals surface area contributed by atoms with E-state index < -0.39 is 0 Å². The van der Waals surface area contributed by atoms with Gasteiger partial charge in [0.25, 0.3) is 0 Å². The lowest BCUT2D eigenvalue weighted by atomic mass is 10.4. The Hall–Kier alpha value is -0.900. The summed E-state index contributed by atoms with van der Waals surface area (Å²) in [5.74, 6) is 1.76. The molecule has 0 bridgehead atoms. The summed E-state index contributed by atoms with van der Waals surface area (Å²) in [6, 6.07) is 0. The van der Waals surface area contributed by atoms with Crippen molar-refractivity contribution in [1.29, 1.82) is 0 Å². The zero-order valence-corrected chi connectivity index (χ0v) is 6.40. The van der Waals surface area contributed by atoms with Gasteiger partial charge in [0.05, 0.1) is 6.54 Å². The summed E-state index contributed by atoms with van der Waals surface area (Å²) in [5, 5.41) is 7.71. The van der Waals surface area contributed by atoms with Crippen molar-refractivity contribution in [2.75, 3.05) is 0 Å². The first-order valence-corrected chi connectivity index (χ1v) is 3.97. The van der Waals surface area contributed by atoms with Crippen LogP contribution in [0.3, 0.4) is 0 Å². The number of nitrogens with two attached hydrogens (primary N) is 1. The van der Waals surface area contributed by atoms with Gasteiger partial charge in [-0.15, -0.1) is 10.2 Å². The lowest BCUT2D eigenvalue weighted by Gasteiger charge is -2.01. The van der Waals surface area contributed by atoms with Gasteiger partial charge in [-0.05, 0) is 18.8 Å². The largest absolute Gasteiger partial charge is 0.324 e. The average Bonchev–Trinajstić information content (AvgIpc) is 2.68. The molecular weight excluding hydrogens is 140 g/mol. The van der Waals surface area contributed by atoms with Crippen molar-refractivity contribution in [2.24, 2.45) is 11.7 Å². The fourth-order valence-electron chi connectivity index (χ4n) is 1.17. The molecule has 0 saturated heterocycles. The maximum atomic E-state index is 5.47. The van der Waals surface area contributed by atoms with Crippen molar-refractivity contribution in [1.82, 2.24) is 14.8 Å². The average molecular weight is 152 g/mol. The second kappa shape index (κ2) is 2.62. The minimum atomic E-state index is 0.493. The van der Waals surface area contributed by atoms with Crippen molar-refractivity contribution < 1.29 is 0 Å². The molecule has 1 aromatic heterocycles. The highest BCUT2D eigenvalue weighted by molar-refractivity contribution is 4.86. The lowest BCUT2D eigenvalue weighted by molar-refractivity contribution is 0.596. The zero-order valence-electron chi connectivity index (χ0n) is 6.40. The van der Waals surface area contributed by atoms with E-state index >= 15 is 0 Å². The van der Waals surface area contributed by atoms with Gasteiger partial charge >= 0.3 is 0 Å². The Kier molecular flexibility index (Phi) is 1.62. The fourth-order valence-corrected chi connectivity index (χ4v) is 1.17. The van der Waals surface area contributed by atoms with E-state index in [0.29, 0.717) is 6.54 Å². The van der Waals surface area contributed by atoms with Crippen molar-refractivity contribution >= 4 is 0 Å². The fraction of sp³-hybridized carbons (Fsp3) is 0.714. The van der Waals surface area contributed by atoms with Gasteiger partial charge in [-0.25, -0.2) is 0 Å². The second-order valence-electron chi connectivity index (χ2n) is 3.05. The molecule has 0 amide bonds. The number of nitrogens with zero attached hydrogens (tertiary/aromatic N) is 3. The lowest BCUT2D eigenvalue weighted by Crippen LogP contribution is -2.08. The van der Waals surface area contributed by atoms with Crippen LogP contribution >= 0.6 is 0 Å². The van der Waals surface area contributed by atoms with E-state index in [-0.39, 0.29) is 0 Å². The molecule has 1 aliphatic rings. The maximum absolute atomic E-state index is 5.47. The monoisotopic (exact) mass is 152 g/mol. The number of hydrogen-bond acceptors (Lipinski definition) is 3. The Balaban J connectivity index is 2.07. The third kappa shape index (κ3) is 1.40. The molecule has 4 heteroatoms. The minimum absolute atomic E-state index is 0.493. The maximum Gasteiger partial charge on any atom is 0.146 e. The molecule has 0 aliphatic heterocycles. The van der Waals surface area contributed by atoms with E-state index in [1.807, 2.05) is 0 Å². The van der Waals surface area contributed by atoms with Gasteiger partial charge in [-0.3, -0.25) is 0 Å². The molecule has 1 fully saturated rings. The number of aromatic nitrogens is 3. The SMILES string of the molecule is NCc1nncn1CC1CC1. The molecule has 0 unspecified atom stereocenters. The van der Waals surface area contributed by atoms with Crippen molar-refractivity contribution in [2.45, 2.75) is 25.9 Å². The predicted molar refractivity (Wildman–Crippen MR) is 40.6 cm³/mol. The number of rotatable bonds is 3. The van der Waals surface area contributed by atoms with Gasteiger partial charge in [0, 0.05) is 6.54 Å². The molecule has 0 radical (unpaired) electrons. The molecule has 2 N–H and O–H groups in total. The smallest absolute Gasteiger partial charge is 0.146 e. The van der Waals surface area contributed by atoms with Crippen LogP contribution in [0.4, 0.5) is 0 Å². The van der Waals surface area contributed by atoms with E-state index in [2.05, 4.69) is 14.8 Å². The zero-order chi connectivity index (χ0) is 7.68. The van der Waals surface area contributed by atoms with E-state index in [1.54, 1.807) is 6.33 Å². The molecule has 0 spiro atoms. The normalized spacial score (nSPS) is 17.2. The van der Waals surface area contributed by atoms with Crippen LogP contribution in [0.25, 0.3) is 0 Å². The highest BCUT2D eigenvalue weighted by atomic mass is 15.3. The van der Waals surface area contributed by atoms with Gasteiger partial charge < -0.3 is 10.3 Å². The summed E-state index contributed by atoms with van der Waals surface area (Å²) in [4.78, 5) is 0. The molecule has 11 heavy (non-hydrogen) atoms. The van der Waals surface area contributed by atoms with Gasteiger partial charge in [-0.1, -0.05) is 0 Å². The highest BCUT2D eigenvalue weighted by Crippen LogP contribution is 2.30. The van der Waals surface area contributed by atoms with Crippen LogP contribution in [-0.4, -0.2) is 14.8 Å². The van der Waals surface area contributed by atoms with Gasteiger partial charge in [0.2, 0.25) is 0 Å². The molecule has 4 nitrogen and oxygen atoms in total. The predicted octanol–water partition coefficient (Wildman–Crippen LogP) is 0.147. The van der Waals surface area contributed by atoms with Crippen LogP contribution in [0.15, 0.2) is 6.33 Å². The summed E-state index contributed by atoms with van der Waals surface area (Å²) < 4.78 is 2.05. The molecule has 0 aromatic carbocycles. The van der Waals surface area contributed by atoms with Crippen LogP contribution in [0.5, 0.6) is 0 Å².